The minimum absolute atomic E-state index is 0.127. The molecule has 0 saturated carbocycles. The Hall–Kier alpha value is -0.770. The van der Waals surface area contributed by atoms with E-state index in [0.717, 1.165) is 12.1 Å². The fourth-order valence-electron chi connectivity index (χ4n) is 1.16. The summed E-state index contributed by atoms with van der Waals surface area (Å²) in [5.41, 5.74) is 5.43. The van der Waals surface area contributed by atoms with E-state index in [-0.39, 0.29) is 10.6 Å². The molecule has 4 heteroatoms. The van der Waals surface area contributed by atoms with Crippen molar-refractivity contribution in [1.29, 1.82) is 0 Å². The van der Waals surface area contributed by atoms with Crippen molar-refractivity contribution in [1.82, 2.24) is 0 Å². The zero-order valence-corrected chi connectivity index (χ0v) is 8.71. The fourth-order valence-corrected chi connectivity index (χ4v) is 2.45. The van der Waals surface area contributed by atoms with Crippen molar-refractivity contribution in [3.63, 3.8) is 0 Å². The van der Waals surface area contributed by atoms with Gasteiger partial charge in [0.25, 0.3) is 0 Å². The highest BCUT2D eigenvalue weighted by Gasteiger charge is 2.19. The van der Waals surface area contributed by atoms with Crippen LogP contribution in [-0.4, -0.2) is 18.8 Å². The van der Waals surface area contributed by atoms with E-state index < -0.39 is 21.7 Å². The number of hydrogen-bond donors (Lipinski definition) is 1. The van der Waals surface area contributed by atoms with Gasteiger partial charge >= 0.3 is 0 Å². The molecule has 0 aliphatic heterocycles. The van der Waals surface area contributed by atoms with Gasteiger partial charge in [-0.1, -0.05) is 0 Å². The molecular weight excluding hydrogens is 192 g/mol. The van der Waals surface area contributed by atoms with Crippen LogP contribution in [0.3, 0.4) is 0 Å². The van der Waals surface area contributed by atoms with Crippen molar-refractivity contribution in [2.45, 2.75) is 4.90 Å². The van der Waals surface area contributed by atoms with Crippen LogP contribution in [0.4, 0.5) is 14.5 Å². The number of hydrogen-bond acceptors (Lipinski definition) is 1. The molecule has 74 valence electrons. The second kappa shape index (κ2) is 3.18. The molecule has 1 rings (SSSR count). The lowest BCUT2D eigenvalue weighted by Gasteiger charge is -2.26. The van der Waals surface area contributed by atoms with Gasteiger partial charge in [-0.2, -0.15) is 0 Å². The van der Waals surface area contributed by atoms with E-state index in [1.165, 1.54) is 0 Å². The molecule has 0 aromatic heterocycles. The molecule has 0 amide bonds. The maximum absolute atomic E-state index is 13.3. The van der Waals surface area contributed by atoms with E-state index in [4.69, 9.17) is 5.73 Å². The lowest BCUT2D eigenvalue weighted by molar-refractivity contribution is 0.540. The Labute approximate surface area is 78.3 Å². The molecule has 1 aromatic carbocycles. The quantitative estimate of drug-likeness (QED) is 0.701. The summed E-state index contributed by atoms with van der Waals surface area (Å²) < 4.78 is 26.6. The van der Waals surface area contributed by atoms with Gasteiger partial charge in [0, 0.05) is 5.69 Å². The fraction of sp³-hybridized carbons (Fsp3) is 0.333. The molecule has 0 bridgehead atoms. The van der Waals surface area contributed by atoms with Crippen molar-refractivity contribution in [3.8, 4) is 0 Å². The van der Waals surface area contributed by atoms with Crippen molar-refractivity contribution < 1.29 is 8.78 Å². The molecule has 0 saturated heterocycles. The number of rotatable bonds is 1. The molecular formula is C9H13F2NS. The smallest absolute Gasteiger partial charge is 0.140 e. The molecule has 0 radical (unpaired) electrons. The summed E-state index contributed by atoms with van der Waals surface area (Å²) in [7, 11) is -1.39. The van der Waals surface area contributed by atoms with Crippen molar-refractivity contribution in [2.24, 2.45) is 0 Å². The van der Waals surface area contributed by atoms with Crippen molar-refractivity contribution in [3.05, 3.63) is 23.8 Å². The van der Waals surface area contributed by atoms with Crippen LogP contribution in [0, 0.1) is 11.6 Å². The van der Waals surface area contributed by atoms with E-state index in [9.17, 15) is 8.78 Å². The van der Waals surface area contributed by atoms with E-state index in [0.29, 0.717) is 0 Å². The second-order valence-electron chi connectivity index (χ2n) is 3.65. The van der Waals surface area contributed by atoms with E-state index in [1.54, 1.807) is 0 Å². The monoisotopic (exact) mass is 205 g/mol. The van der Waals surface area contributed by atoms with Gasteiger partial charge in [0.2, 0.25) is 0 Å². The number of nitrogen functional groups attached to an aromatic ring is 1. The topological polar surface area (TPSA) is 26.0 Å². The zero-order chi connectivity index (χ0) is 10.2. The first-order valence-corrected chi connectivity index (χ1v) is 6.61. The van der Waals surface area contributed by atoms with Crippen LogP contribution in [0.15, 0.2) is 17.0 Å². The summed E-state index contributed by atoms with van der Waals surface area (Å²) in [6.45, 7) is 0. The first-order valence-electron chi connectivity index (χ1n) is 3.75. The average molecular weight is 205 g/mol. The molecule has 0 aliphatic carbocycles. The normalized spacial score (nSPS) is 13.0. The number of anilines is 1. The minimum atomic E-state index is -1.39. The maximum atomic E-state index is 13.3. The summed E-state index contributed by atoms with van der Waals surface area (Å²) in [6.07, 6.45) is 5.51. The van der Waals surface area contributed by atoms with Gasteiger partial charge in [-0.3, -0.25) is 0 Å². The Morgan fingerprint density at radius 1 is 1.08 bits per heavy atom. The van der Waals surface area contributed by atoms with Gasteiger partial charge in [-0.15, -0.1) is 0 Å². The van der Waals surface area contributed by atoms with Gasteiger partial charge in [0.1, 0.15) is 11.6 Å². The summed E-state index contributed by atoms with van der Waals surface area (Å²) in [6, 6.07) is 2.33. The molecule has 0 atom stereocenters. The Balaban J connectivity index is 3.38. The Morgan fingerprint density at radius 2 is 1.46 bits per heavy atom. The molecule has 1 nitrogen and oxygen atoms in total. The van der Waals surface area contributed by atoms with Gasteiger partial charge < -0.3 is 5.73 Å². The molecule has 0 heterocycles. The van der Waals surface area contributed by atoms with Crippen LogP contribution in [0.1, 0.15) is 0 Å². The third-order valence-electron chi connectivity index (χ3n) is 1.63. The highest BCUT2D eigenvalue weighted by atomic mass is 32.3. The van der Waals surface area contributed by atoms with Gasteiger partial charge in [-0.05, 0) is 30.9 Å². The highest BCUT2D eigenvalue weighted by molar-refractivity contribution is 8.32. The third-order valence-corrected chi connectivity index (χ3v) is 3.25. The van der Waals surface area contributed by atoms with Gasteiger partial charge in [0.05, 0.1) is 4.90 Å². The van der Waals surface area contributed by atoms with E-state index in [2.05, 4.69) is 0 Å². The van der Waals surface area contributed by atoms with Crippen LogP contribution in [0.5, 0.6) is 0 Å². The Morgan fingerprint density at radius 3 is 1.77 bits per heavy atom. The first-order chi connectivity index (χ1) is 5.82. The lowest BCUT2D eigenvalue weighted by Crippen LogP contribution is -2.02. The van der Waals surface area contributed by atoms with Gasteiger partial charge in [0.15, 0.2) is 0 Å². The number of benzene rings is 1. The molecule has 13 heavy (non-hydrogen) atoms. The van der Waals surface area contributed by atoms with Crippen LogP contribution < -0.4 is 5.73 Å². The molecule has 0 unspecified atom stereocenters. The summed E-state index contributed by atoms with van der Waals surface area (Å²) >= 11 is 0. The largest absolute Gasteiger partial charge is 0.399 e. The predicted octanol–water partition coefficient (Wildman–Crippen LogP) is 2.60. The minimum Gasteiger partial charge on any atom is -0.399 e. The molecule has 0 fully saturated rings. The Kier molecular flexibility index (Phi) is 2.52. The predicted molar refractivity (Wildman–Crippen MR) is 54.4 cm³/mol. The third kappa shape index (κ3) is 2.12. The second-order valence-corrected chi connectivity index (χ2v) is 7.73. The molecule has 0 spiro atoms. The van der Waals surface area contributed by atoms with Crippen molar-refractivity contribution in [2.75, 3.05) is 24.5 Å². The van der Waals surface area contributed by atoms with Crippen LogP contribution in [0.2, 0.25) is 0 Å². The van der Waals surface area contributed by atoms with Crippen LogP contribution in [-0.2, 0) is 0 Å². The molecule has 1 aromatic rings. The standard InChI is InChI=1S/C9H13F2NS/c1-13(2,3)9-7(10)4-6(12)5-8(9)11/h4-5H,12H2,1-3H3. The Bertz CT molecular complexity index is 308. The highest BCUT2D eigenvalue weighted by Crippen LogP contribution is 2.48. The number of halogens is 2. The average Bonchev–Trinajstić information content (AvgIpc) is 1.78. The summed E-state index contributed by atoms with van der Waals surface area (Å²) in [5, 5.41) is 0. The summed E-state index contributed by atoms with van der Waals surface area (Å²) in [4.78, 5) is 0.168. The lowest BCUT2D eigenvalue weighted by atomic mass is 10.3. The van der Waals surface area contributed by atoms with Crippen LogP contribution >= 0.6 is 10.0 Å². The number of nitrogens with two attached hydrogens (primary N) is 1. The van der Waals surface area contributed by atoms with E-state index >= 15 is 0 Å². The SMILES string of the molecule is CS(C)(C)c1c(F)cc(N)cc1F. The molecule has 2 N–H and O–H groups in total. The summed E-state index contributed by atoms with van der Waals surface area (Å²) in [5.74, 6) is -1.08. The van der Waals surface area contributed by atoms with Crippen LogP contribution in [0.25, 0.3) is 0 Å². The maximum Gasteiger partial charge on any atom is 0.140 e. The molecule has 0 aliphatic rings. The zero-order valence-electron chi connectivity index (χ0n) is 7.90. The first kappa shape index (κ1) is 10.3. The van der Waals surface area contributed by atoms with Crippen molar-refractivity contribution >= 4 is 15.7 Å². The van der Waals surface area contributed by atoms with Gasteiger partial charge in [-0.25, -0.2) is 18.8 Å². The van der Waals surface area contributed by atoms with E-state index in [1.807, 2.05) is 18.8 Å².